The van der Waals surface area contributed by atoms with Gasteiger partial charge in [-0.15, -0.1) is 0 Å². The summed E-state index contributed by atoms with van der Waals surface area (Å²) >= 11 is 5.91. The van der Waals surface area contributed by atoms with Gasteiger partial charge >= 0.3 is 0 Å². The first-order valence-corrected chi connectivity index (χ1v) is 7.66. The SMILES string of the molecule is Cc1ccc(NC(=O)CC(=O)Nc2cc(Cl)ccc2C)c(C)c1. The fourth-order valence-corrected chi connectivity index (χ4v) is 2.39. The molecule has 0 saturated carbocycles. The van der Waals surface area contributed by atoms with Crippen molar-refractivity contribution in [1.82, 2.24) is 0 Å². The van der Waals surface area contributed by atoms with Crippen LogP contribution in [-0.2, 0) is 9.59 Å². The lowest BCUT2D eigenvalue weighted by Gasteiger charge is -2.11. The first-order valence-electron chi connectivity index (χ1n) is 7.28. The predicted molar refractivity (Wildman–Crippen MR) is 94.0 cm³/mol. The van der Waals surface area contributed by atoms with Crippen LogP contribution in [0, 0.1) is 20.8 Å². The van der Waals surface area contributed by atoms with Crippen LogP contribution in [0.25, 0.3) is 0 Å². The monoisotopic (exact) mass is 330 g/mol. The number of halogens is 1. The molecule has 0 aliphatic carbocycles. The predicted octanol–water partition coefficient (Wildman–Crippen LogP) is 4.23. The first kappa shape index (κ1) is 17.0. The summed E-state index contributed by atoms with van der Waals surface area (Å²) in [5, 5.41) is 5.99. The van der Waals surface area contributed by atoms with Crippen molar-refractivity contribution in [3.05, 3.63) is 58.1 Å². The number of carbonyl (C=O) groups excluding carboxylic acids is 2. The van der Waals surface area contributed by atoms with Crippen LogP contribution >= 0.6 is 11.6 Å². The number of hydrogen-bond donors (Lipinski definition) is 2. The van der Waals surface area contributed by atoms with Gasteiger partial charge in [-0.25, -0.2) is 0 Å². The molecule has 5 heteroatoms. The van der Waals surface area contributed by atoms with Crippen molar-refractivity contribution in [3.63, 3.8) is 0 Å². The Bertz CT molecular complexity index is 757. The number of benzene rings is 2. The van der Waals surface area contributed by atoms with Gasteiger partial charge in [-0.3, -0.25) is 9.59 Å². The lowest BCUT2D eigenvalue weighted by molar-refractivity contribution is -0.123. The number of carbonyl (C=O) groups is 2. The van der Waals surface area contributed by atoms with Crippen molar-refractivity contribution in [1.29, 1.82) is 0 Å². The molecule has 2 aromatic carbocycles. The van der Waals surface area contributed by atoms with E-state index in [-0.39, 0.29) is 18.2 Å². The Hall–Kier alpha value is -2.33. The molecule has 0 heterocycles. The molecule has 4 nitrogen and oxygen atoms in total. The molecular formula is C18H19ClN2O2. The molecule has 2 amide bonds. The molecule has 0 saturated heterocycles. The fraction of sp³-hybridized carbons (Fsp3) is 0.222. The van der Waals surface area contributed by atoms with Crippen LogP contribution in [0.1, 0.15) is 23.1 Å². The van der Waals surface area contributed by atoms with Crippen molar-refractivity contribution in [3.8, 4) is 0 Å². The molecule has 23 heavy (non-hydrogen) atoms. The molecule has 0 unspecified atom stereocenters. The molecule has 2 aromatic rings. The average Bonchev–Trinajstić information content (AvgIpc) is 2.46. The number of anilines is 2. The maximum atomic E-state index is 12.0. The lowest BCUT2D eigenvalue weighted by Crippen LogP contribution is -2.22. The lowest BCUT2D eigenvalue weighted by atomic mass is 10.1. The minimum absolute atomic E-state index is 0.251. The second-order valence-corrected chi connectivity index (χ2v) is 5.99. The van der Waals surface area contributed by atoms with Gasteiger partial charge in [0, 0.05) is 16.4 Å². The second-order valence-electron chi connectivity index (χ2n) is 5.55. The van der Waals surface area contributed by atoms with Gasteiger partial charge in [0.2, 0.25) is 11.8 Å². The number of rotatable bonds is 4. The summed E-state index contributed by atoms with van der Waals surface area (Å²) in [6, 6.07) is 11.0. The van der Waals surface area contributed by atoms with Gasteiger partial charge in [-0.2, -0.15) is 0 Å². The molecule has 0 spiro atoms. The molecule has 2 rings (SSSR count). The van der Waals surface area contributed by atoms with Gasteiger partial charge in [-0.1, -0.05) is 35.4 Å². The van der Waals surface area contributed by atoms with Crippen molar-refractivity contribution >= 4 is 34.8 Å². The Kier molecular flexibility index (Phi) is 5.40. The highest BCUT2D eigenvalue weighted by Crippen LogP contribution is 2.20. The third kappa shape index (κ3) is 4.83. The average molecular weight is 331 g/mol. The largest absolute Gasteiger partial charge is 0.325 e. The molecule has 0 aromatic heterocycles. The number of amides is 2. The van der Waals surface area contributed by atoms with E-state index in [1.165, 1.54) is 0 Å². The van der Waals surface area contributed by atoms with Crippen molar-refractivity contribution in [2.45, 2.75) is 27.2 Å². The summed E-state index contributed by atoms with van der Waals surface area (Å²) in [5.41, 5.74) is 4.30. The third-order valence-corrected chi connectivity index (χ3v) is 3.69. The van der Waals surface area contributed by atoms with Crippen LogP contribution in [0.4, 0.5) is 11.4 Å². The number of hydrogen-bond acceptors (Lipinski definition) is 2. The van der Waals surface area contributed by atoms with E-state index in [0.717, 1.165) is 16.7 Å². The molecule has 0 aliphatic heterocycles. The van der Waals surface area contributed by atoms with Crippen molar-refractivity contribution in [2.24, 2.45) is 0 Å². The van der Waals surface area contributed by atoms with E-state index in [1.807, 2.05) is 45.0 Å². The summed E-state index contributed by atoms with van der Waals surface area (Å²) in [7, 11) is 0. The highest BCUT2D eigenvalue weighted by Gasteiger charge is 2.12. The Labute approximate surface area is 140 Å². The molecular weight excluding hydrogens is 312 g/mol. The molecule has 2 N–H and O–H groups in total. The second kappa shape index (κ2) is 7.29. The third-order valence-electron chi connectivity index (χ3n) is 3.45. The Morgan fingerprint density at radius 3 is 2.17 bits per heavy atom. The molecule has 0 atom stereocenters. The zero-order valence-corrected chi connectivity index (χ0v) is 14.1. The minimum atomic E-state index is -0.377. The zero-order chi connectivity index (χ0) is 17.0. The summed E-state index contributed by atoms with van der Waals surface area (Å²) in [5.74, 6) is -0.730. The van der Waals surface area contributed by atoms with E-state index < -0.39 is 0 Å². The fourth-order valence-electron chi connectivity index (χ4n) is 2.22. The smallest absolute Gasteiger partial charge is 0.233 e. The van der Waals surface area contributed by atoms with Crippen molar-refractivity contribution in [2.75, 3.05) is 10.6 Å². The highest BCUT2D eigenvalue weighted by molar-refractivity contribution is 6.31. The Morgan fingerprint density at radius 1 is 0.870 bits per heavy atom. The van der Waals surface area contributed by atoms with Gasteiger partial charge in [-0.05, 0) is 50.1 Å². The quantitative estimate of drug-likeness (QED) is 0.824. The topological polar surface area (TPSA) is 58.2 Å². The maximum absolute atomic E-state index is 12.0. The molecule has 0 bridgehead atoms. The van der Waals surface area contributed by atoms with E-state index in [2.05, 4.69) is 10.6 Å². The van der Waals surface area contributed by atoms with Gasteiger partial charge in [0.15, 0.2) is 0 Å². The molecule has 0 aliphatic rings. The zero-order valence-electron chi connectivity index (χ0n) is 13.4. The molecule has 0 fully saturated rings. The van der Waals surface area contributed by atoms with Crippen LogP contribution in [0.5, 0.6) is 0 Å². The number of aryl methyl sites for hydroxylation is 3. The summed E-state index contributed by atoms with van der Waals surface area (Å²) < 4.78 is 0. The van der Waals surface area contributed by atoms with Crippen LogP contribution in [0.3, 0.4) is 0 Å². The Morgan fingerprint density at radius 2 is 1.52 bits per heavy atom. The van der Waals surface area contributed by atoms with Gasteiger partial charge in [0.1, 0.15) is 6.42 Å². The van der Waals surface area contributed by atoms with Crippen LogP contribution in [0.15, 0.2) is 36.4 Å². The van der Waals surface area contributed by atoms with Crippen LogP contribution < -0.4 is 10.6 Å². The van der Waals surface area contributed by atoms with Gasteiger partial charge < -0.3 is 10.6 Å². The van der Waals surface area contributed by atoms with E-state index in [9.17, 15) is 9.59 Å². The molecule has 120 valence electrons. The summed E-state index contributed by atoms with van der Waals surface area (Å²) in [6.07, 6.45) is -0.251. The maximum Gasteiger partial charge on any atom is 0.233 e. The van der Waals surface area contributed by atoms with E-state index in [1.54, 1.807) is 12.1 Å². The van der Waals surface area contributed by atoms with E-state index in [0.29, 0.717) is 16.4 Å². The first-order chi connectivity index (χ1) is 10.8. The standard InChI is InChI=1S/C18H19ClN2O2/c1-11-4-7-15(13(3)8-11)20-17(22)10-18(23)21-16-9-14(19)6-5-12(16)2/h4-9H,10H2,1-3H3,(H,20,22)(H,21,23). The van der Waals surface area contributed by atoms with E-state index in [4.69, 9.17) is 11.6 Å². The van der Waals surface area contributed by atoms with Crippen LogP contribution in [0.2, 0.25) is 5.02 Å². The van der Waals surface area contributed by atoms with Gasteiger partial charge in [0.25, 0.3) is 0 Å². The summed E-state index contributed by atoms with van der Waals surface area (Å²) in [4.78, 5) is 24.0. The van der Waals surface area contributed by atoms with Crippen LogP contribution in [-0.4, -0.2) is 11.8 Å². The minimum Gasteiger partial charge on any atom is -0.325 e. The number of nitrogens with one attached hydrogen (secondary N) is 2. The molecule has 0 radical (unpaired) electrons. The summed E-state index contributed by atoms with van der Waals surface area (Å²) in [6.45, 7) is 5.76. The van der Waals surface area contributed by atoms with E-state index >= 15 is 0 Å². The normalized spacial score (nSPS) is 10.3. The van der Waals surface area contributed by atoms with Crippen molar-refractivity contribution < 1.29 is 9.59 Å². The highest BCUT2D eigenvalue weighted by atomic mass is 35.5. The van der Waals surface area contributed by atoms with Gasteiger partial charge in [0.05, 0.1) is 0 Å². The Balaban J connectivity index is 1.97.